The Labute approximate surface area is 174 Å². The molecule has 172 valence electrons. The molecule has 0 radical (unpaired) electrons. The number of nitrogens with zero attached hydrogens (tertiary/aromatic N) is 1. The Hall–Kier alpha value is -2.92. The molecule has 3 amide bonds. The Bertz CT molecular complexity index is 859. The largest absolute Gasteiger partial charge is 0.489 e. The van der Waals surface area contributed by atoms with Crippen LogP contribution in [0.25, 0.3) is 0 Å². The molecule has 2 rings (SSSR count). The standard InChI is InChI=1S/C19H22F5N3O4/c1-10-4-5-13-14(6-10)31-8-12(17(30)27(13)3)26-16(29)11(2)7-15(28)25-9-18(20,21)19(22,23)24/h4-6,11-12H,7-9H2,1-3H3,(H,25,28)(H,26,29)/t11-,12+/m1/s1. The lowest BCUT2D eigenvalue weighted by molar-refractivity contribution is -0.278. The second kappa shape index (κ2) is 9.06. The number of halogens is 5. The van der Waals surface area contributed by atoms with Gasteiger partial charge >= 0.3 is 12.1 Å². The van der Waals surface area contributed by atoms with Crippen LogP contribution in [0.2, 0.25) is 0 Å². The highest BCUT2D eigenvalue weighted by Gasteiger charge is 2.57. The molecule has 0 unspecified atom stereocenters. The van der Waals surface area contributed by atoms with Gasteiger partial charge in [-0.3, -0.25) is 14.4 Å². The lowest BCUT2D eigenvalue weighted by atomic mass is 10.1. The van der Waals surface area contributed by atoms with Gasteiger partial charge in [-0.25, -0.2) is 0 Å². The number of carbonyl (C=O) groups excluding carboxylic acids is 3. The molecule has 31 heavy (non-hydrogen) atoms. The molecule has 1 heterocycles. The minimum Gasteiger partial charge on any atom is -0.489 e. The quantitative estimate of drug-likeness (QED) is 0.650. The number of carbonyl (C=O) groups is 3. The molecule has 0 spiro atoms. The van der Waals surface area contributed by atoms with Crippen molar-refractivity contribution in [1.29, 1.82) is 0 Å². The van der Waals surface area contributed by atoms with E-state index in [1.165, 1.54) is 24.2 Å². The van der Waals surface area contributed by atoms with Crippen LogP contribution in [0, 0.1) is 12.8 Å². The van der Waals surface area contributed by atoms with E-state index in [0.29, 0.717) is 11.4 Å². The van der Waals surface area contributed by atoms with E-state index in [9.17, 15) is 36.3 Å². The number of ether oxygens (including phenoxy) is 1. The summed E-state index contributed by atoms with van der Waals surface area (Å²) in [7, 11) is 1.50. The molecule has 7 nitrogen and oxygen atoms in total. The van der Waals surface area contributed by atoms with Crippen LogP contribution >= 0.6 is 0 Å². The number of nitrogens with one attached hydrogen (secondary N) is 2. The Morgan fingerprint density at radius 2 is 1.90 bits per heavy atom. The van der Waals surface area contributed by atoms with Gasteiger partial charge in [0.25, 0.3) is 5.91 Å². The second-order valence-corrected chi connectivity index (χ2v) is 7.32. The summed E-state index contributed by atoms with van der Waals surface area (Å²) >= 11 is 0. The molecule has 1 aliphatic rings. The average molecular weight is 451 g/mol. The lowest BCUT2D eigenvalue weighted by Crippen LogP contribution is -2.51. The maximum Gasteiger partial charge on any atom is 0.455 e. The van der Waals surface area contributed by atoms with Crippen LogP contribution < -0.4 is 20.3 Å². The molecule has 2 N–H and O–H groups in total. The molecule has 0 aliphatic carbocycles. The normalized spacial score (nSPS) is 17.9. The summed E-state index contributed by atoms with van der Waals surface area (Å²) in [6.07, 6.45) is -6.44. The zero-order valence-corrected chi connectivity index (χ0v) is 17.0. The Kier molecular flexibility index (Phi) is 7.12. The molecule has 1 aromatic carbocycles. The third-order valence-corrected chi connectivity index (χ3v) is 4.69. The predicted molar refractivity (Wildman–Crippen MR) is 99.8 cm³/mol. The molecule has 12 heteroatoms. The van der Waals surface area contributed by atoms with Gasteiger partial charge < -0.3 is 20.3 Å². The molecular weight excluding hydrogens is 429 g/mol. The Morgan fingerprint density at radius 3 is 2.52 bits per heavy atom. The zero-order chi connectivity index (χ0) is 23.6. The minimum atomic E-state index is -5.80. The minimum absolute atomic E-state index is 0.178. The van der Waals surface area contributed by atoms with E-state index in [-0.39, 0.29) is 6.61 Å². The van der Waals surface area contributed by atoms with Crippen molar-refractivity contribution in [2.45, 2.75) is 38.4 Å². The van der Waals surface area contributed by atoms with Gasteiger partial charge in [0.05, 0.1) is 12.2 Å². The number of anilines is 1. The number of amides is 3. The van der Waals surface area contributed by atoms with E-state index in [1.54, 1.807) is 18.2 Å². The molecule has 0 bridgehead atoms. The van der Waals surface area contributed by atoms with E-state index in [0.717, 1.165) is 5.56 Å². The van der Waals surface area contributed by atoms with Crippen molar-refractivity contribution in [2.75, 3.05) is 25.1 Å². The summed E-state index contributed by atoms with van der Waals surface area (Å²) in [5.74, 6) is -8.12. The first kappa shape index (κ1) is 24.4. The van der Waals surface area contributed by atoms with Crippen molar-refractivity contribution in [3.05, 3.63) is 23.8 Å². The van der Waals surface area contributed by atoms with Gasteiger partial charge in [0.1, 0.15) is 18.4 Å². The summed E-state index contributed by atoms with van der Waals surface area (Å²) in [5, 5.41) is 3.90. The Balaban J connectivity index is 1.94. The van der Waals surface area contributed by atoms with E-state index in [4.69, 9.17) is 4.74 Å². The van der Waals surface area contributed by atoms with Crippen molar-refractivity contribution in [3.63, 3.8) is 0 Å². The molecule has 1 aliphatic heterocycles. The van der Waals surface area contributed by atoms with Crippen LogP contribution in [0.1, 0.15) is 18.9 Å². The number of hydrogen-bond acceptors (Lipinski definition) is 4. The number of aryl methyl sites for hydroxylation is 1. The van der Waals surface area contributed by atoms with Crippen molar-refractivity contribution < 1.29 is 41.1 Å². The first-order chi connectivity index (χ1) is 14.2. The maximum absolute atomic E-state index is 12.9. The first-order valence-electron chi connectivity index (χ1n) is 9.25. The number of fused-ring (bicyclic) bond motifs is 1. The van der Waals surface area contributed by atoms with Gasteiger partial charge in [-0.15, -0.1) is 0 Å². The van der Waals surface area contributed by atoms with Gasteiger partial charge in [-0.05, 0) is 24.6 Å². The Morgan fingerprint density at radius 1 is 1.26 bits per heavy atom. The average Bonchev–Trinajstić information content (AvgIpc) is 2.77. The zero-order valence-electron chi connectivity index (χ0n) is 17.0. The van der Waals surface area contributed by atoms with E-state index >= 15 is 0 Å². The molecule has 0 aromatic heterocycles. The molecule has 0 saturated heterocycles. The fourth-order valence-electron chi connectivity index (χ4n) is 2.78. The predicted octanol–water partition coefficient (Wildman–Crippen LogP) is 2.18. The van der Waals surface area contributed by atoms with Crippen LogP contribution in [-0.4, -0.2) is 56.1 Å². The number of alkyl halides is 5. The highest BCUT2D eigenvalue weighted by molar-refractivity contribution is 6.01. The topological polar surface area (TPSA) is 87.7 Å². The summed E-state index contributed by atoms with van der Waals surface area (Å²) in [4.78, 5) is 38.0. The summed E-state index contributed by atoms with van der Waals surface area (Å²) in [5.41, 5.74) is 1.41. The van der Waals surface area contributed by atoms with Gasteiger partial charge in [0.2, 0.25) is 11.8 Å². The SMILES string of the molecule is Cc1ccc2c(c1)OC[C@H](NC(=O)[C@H](C)CC(=O)NCC(F)(F)C(F)(F)F)C(=O)N2C. The van der Waals surface area contributed by atoms with Crippen LogP contribution in [0.15, 0.2) is 18.2 Å². The molecule has 2 atom stereocenters. The highest BCUT2D eigenvalue weighted by atomic mass is 19.4. The van der Waals surface area contributed by atoms with Gasteiger partial charge in [0.15, 0.2) is 0 Å². The highest BCUT2D eigenvalue weighted by Crippen LogP contribution is 2.34. The second-order valence-electron chi connectivity index (χ2n) is 7.32. The molecule has 1 aromatic rings. The number of rotatable bonds is 6. The van der Waals surface area contributed by atoms with Crippen molar-refractivity contribution in [1.82, 2.24) is 10.6 Å². The first-order valence-corrected chi connectivity index (χ1v) is 9.25. The van der Waals surface area contributed by atoms with Crippen LogP contribution in [0.3, 0.4) is 0 Å². The van der Waals surface area contributed by atoms with Gasteiger partial charge in [-0.2, -0.15) is 22.0 Å². The molecule has 0 fully saturated rings. The fourth-order valence-corrected chi connectivity index (χ4v) is 2.78. The van der Waals surface area contributed by atoms with E-state index in [1.807, 2.05) is 6.92 Å². The van der Waals surface area contributed by atoms with Gasteiger partial charge in [-0.1, -0.05) is 13.0 Å². The number of benzene rings is 1. The maximum atomic E-state index is 12.9. The van der Waals surface area contributed by atoms with Crippen molar-refractivity contribution in [2.24, 2.45) is 5.92 Å². The number of hydrogen-bond donors (Lipinski definition) is 2. The van der Waals surface area contributed by atoms with Crippen molar-refractivity contribution >= 4 is 23.4 Å². The number of likely N-dealkylation sites (N-methyl/N-ethyl adjacent to an activating group) is 1. The molecule has 0 saturated carbocycles. The van der Waals surface area contributed by atoms with E-state index in [2.05, 4.69) is 5.32 Å². The third-order valence-electron chi connectivity index (χ3n) is 4.69. The smallest absolute Gasteiger partial charge is 0.455 e. The van der Waals surface area contributed by atoms with E-state index < -0.39 is 54.7 Å². The molecular formula is C19H22F5N3O4. The van der Waals surface area contributed by atoms with Gasteiger partial charge in [0, 0.05) is 19.4 Å². The lowest BCUT2D eigenvalue weighted by Gasteiger charge is -2.22. The summed E-state index contributed by atoms with van der Waals surface area (Å²) < 4.78 is 67.8. The fraction of sp³-hybridized carbons (Fsp3) is 0.526. The monoisotopic (exact) mass is 451 g/mol. The summed E-state index contributed by atoms with van der Waals surface area (Å²) in [6, 6.07) is 4.13. The van der Waals surface area contributed by atoms with Crippen LogP contribution in [0.4, 0.5) is 27.6 Å². The summed E-state index contributed by atoms with van der Waals surface area (Å²) in [6.45, 7) is 1.01. The van der Waals surface area contributed by atoms with Crippen LogP contribution in [0.5, 0.6) is 5.75 Å². The van der Waals surface area contributed by atoms with Crippen molar-refractivity contribution in [3.8, 4) is 5.75 Å². The third kappa shape index (κ3) is 5.82. The van der Waals surface area contributed by atoms with Crippen LogP contribution in [-0.2, 0) is 14.4 Å².